The van der Waals surface area contributed by atoms with E-state index >= 15 is 0 Å². The molecule has 0 saturated carbocycles. The minimum atomic E-state index is -0.119. The molecule has 1 heterocycles. The maximum Gasteiger partial charge on any atom is 0.136 e. The van der Waals surface area contributed by atoms with Gasteiger partial charge in [0, 0.05) is 30.3 Å². The highest BCUT2D eigenvalue weighted by atomic mass is 32.2. The summed E-state index contributed by atoms with van der Waals surface area (Å²) in [4.78, 5) is 3.14. The second-order valence-electron chi connectivity index (χ2n) is 4.80. The highest BCUT2D eigenvalue weighted by molar-refractivity contribution is 7.99. The molecule has 2 atom stereocenters. The molecule has 2 unspecified atom stereocenters. The Morgan fingerprint density at radius 1 is 1.28 bits per heavy atom. The molecule has 0 aromatic heterocycles. The molecule has 0 N–H and O–H groups in total. The summed E-state index contributed by atoms with van der Waals surface area (Å²) in [6.07, 6.45) is 0.597. The Labute approximate surface area is 113 Å². The van der Waals surface area contributed by atoms with Crippen molar-refractivity contribution in [3.8, 4) is 0 Å². The molecule has 1 aliphatic heterocycles. The maximum atomic E-state index is 13.4. The number of hydrogen-bond acceptors (Lipinski definition) is 3. The lowest BCUT2D eigenvalue weighted by Gasteiger charge is -2.35. The average Bonchev–Trinajstić information content (AvgIpc) is 2.30. The molecule has 0 aliphatic carbocycles. The van der Waals surface area contributed by atoms with Crippen molar-refractivity contribution in [3.05, 3.63) is 30.1 Å². The Morgan fingerprint density at radius 2 is 1.94 bits per heavy atom. The van der Waals surface area contributed by atoms with Crippen molar-refractivity contribution < 1.29 is 9.13 Å². The average molecular weight is 269 g/mol. The van der Waals surface area contributed by atoms with E-state index in [1.165, 1.54) is 6.07 Å². The lowest BCUT2D eigenvalue weighted by Crippen LogP contribution is -2.46. The van der Waals surface area contributed by atoms with Crippen LogP contribution in [0.3, 0.4) is 0 Å². The van der Waals surface area contributed by atoms with Crippen LogP contribution in [-0.4, -0.2) is 42.5 Å². The van der Waals surface area contributed by atoms with E-state index in [9.17, 15) is 4.39 Å². The SMILES string of the molecule is CC1CN(CCSc2ccccc2F)CC(C)O1. The number of ether oxygens (including phenoxy) is 1. The first-order valence-electron chi connectivity index (χ1n) is 6.40. The van der Waals surface area contributed by atoms with Gasteiger partial charge in [0.15, 0.2) is 0 Å². The van der Waals surface area contributed by atoms with Gasteiger partial charge in [-0.2, -0.15) is 0 Å². The van der Waals surface area contributed by atoms with Crippen LogP contribution in [0.2, 0.25) is 0 Å². The summed E-state index contributed by atoms with van der Waals surface area (Å²) >= 11 is 1.59. The second kappa shape index (κ2) is 6.55. The third-order valence-electron chi connectivity index (χ3n) is 3.00. The molecule has 18 heavy (non-hydrogen) atoms. The number of benzene rings is 1. The van der Waals surface area contributed by atoms with Crippen molar-refractivity contribution in [2.75, 3.05) is 25.4 Å². The van der Waals surface area contributed by atoms with Gasteiger partial charge in [0.05, 0.1) is 12.2 Å². The zero-order valence-electron chi connectivity index (χ0n) is 10.9. The second-order valence-corrected chi connectivity index (χ2v) is 5.93. The minimum absolute atomic E-state index is 0.119. The largest absolute Gasteiger partial charge is 0.373 e. The van der Waals surface area contributed by atoms with Crippen molar-refractivity contribution in [1.82, 2.24) is 4.90 Å². The molecule has 100 valence electrons. The number of halogens is 1. The summed E-state index contributed by atoms with van der Waals surface area (Å²) in [7, 11) is 0. The molecular weight excluding hydrogens is 249 g/mol. The van der Waals surface area contributed by atoms with Gasteiger partial charge in [-0.25, -0.2) is 4.39 Å². The van der Waals surface area contributed by atoms with E-state index in [0.717, 1.165) is 30.3 Å². The zero-order chi connectivity index (χ0) is 13.0. The molecule has 1 aromatic carbocycles. The van der Waals surface area contributed by atoms with Crippen molar-refractivity contribution in [3.63, 3.8) is 0 Å². The normalized spacial score (nSPS) is 25.3. The fourth-order valence-corrected chi connectivity index (χ4v) is 3.26. The quantitative estimate of drug-likeness (QED) is 0.780. The summed E-state index contributed by atoms with van der Waals surface area (Å²) in [6, 6.07) is 6.96. The Hall–Kier alpha value is -0.580. The highest BCUT2D eigenvalue weighted by Crippen LogP contribution is 2.21. The molecule has 1 aliphatic rings. The number of hydrogen-bond donors (Lipinski definition) is 0. The van der Waals surface area contributed by atoms with Crippen molar-refractivity contribution >= 4 is 11.8 Å². The van der Waals surface area contributed by atoms with E-state index in [1.54, 1.807) is 17.8 Å². The number of rotatable bonds is 4. The topological polar surface area (TPSA) is 12.5 Å². The van der Waals surface area contributed by atoms with Crippen LogP contribution >= 0.6 is 11.8 Å². The minimum Gasteiger partial charge on any atom is -0.373 e. The van der Waals surface area contributed by atoms with Gasteiger partial charge >= 0.3 is 0 Å². The predicted molar refractivity (Wildman–Crippen MR) is 73.6 cm³/mol. The standard InChI is InChI=1S/C14H20FNOS/c1-11-9-16(10-12(2)17-11)7-8-18-14-6-4-3-5-13(14)15/h3-6,11-12H,7-10H2,1-2H3. The molecule has 0 amide bonds. The molecule has 1 fully saturated rings. The lowest BCUT2D eigenvalue weighted by atomic mass is 10.2. The smallest absolute Gasteiger partial charge is 0.136 e. The van der Waals surface area contributed by atoms with E-state index in [4.69, 9.17) is 4.74 Å². The lowest BCUT2D eigenvalue weighted by molar-refractivity contribution is -0.0661. The number of morpholine rings is 1. The van der Waals surface area contributed by atoms with Crippen LogP contribution in [0.1, 0.15) is 13.8 Å². The van der Waals surface area contributed by atoms with Crippen molar-refractivity contribution in [2.24, 2.45) is 0 Å². The van der Waals surface area contributed by atoms with Crippen LogP contribution in [-0.2, 0) is 4.74 Å². The van der Waals surface area contributed by atoms with Crippen LogP contribution in [0.25, 0.3) is 0 Å². The molecule has 2 rings (SSSR count). The van der Waals surface area contributed by atoms with Crippen molar-refractivity contribution in [2.45, 2.75) is 31.0 Å². The first-order chi connectivity index (χ1) is 8.65. The summed E-state index contributed by atoms with van der Waals surface area (Å²) < 4.78 is 19.1. The molecule has 4 heteroatoms. The van der Waals surface area contributed by atoms with Crippen LogP contribution < -0.4 is 0 Å². The van der Waals surface area contributed by atoms with Gasteiger partial charge in [-0.1, -0.05) is 12.1 Å². The van der Waals surface area contributed by atoms with Gasteiger partial charge in [0.2, 0.25) is 0 Å². The Morgan fingerprint density at radius 3 is 2.61 bits per heavy atom. The van der Waals surface area contributed by atoms with Gasteiger partial charge in [-0.05, 0) is 26.0 Å². The molecular formula is C14H20FNOS. The van der Waals surface area contributed by atoms with Crippen LogP contribution in [0.15, 0.2) is 29.2 Å². The summed E-state index contributed by atoms with van der Waals surface area (Å²) in [5.74, 6) is 0.798. The monoisotopic (exact) mass is 269 g/mol. The van der Waals surface area contributed by atoms with Crippen LogP contribution in [0.4, 0.5) is 4.39 Å². The molecule has 0 bridgehead atoms. The maximum absolute atomic E-state index is 13.4. The van der Waals surface area contributed by atoms with Gasteiger partial charge in [-0.3, -0.25) is 4.90 Å². The number of thioether (sulfide) groups is 1. The van der Waals surface area contributed by atoms with Gasteiger partial charge in [0.1, 0.15) is 5.82 Å². The zero-order valence-corrected chi connectivity index (χ0v) is 11.8. The third-order valence-corrected chi connectivity index (χ3v) is 4.03. The van der Waals surface area contributed by atoms with Crippen LogP contribution in [0.5, 0.6) is 0 Å². The van der Waals surface area contributed by atoms with E-state index in [-0.39, 0.29) is 5.82 Å². The number of nitrogens with zero attached hydrogens (tertiary/aromatic N) is 1. The summed E-state index contributed by atoms with van der Waals surface area (Å²) in [6.45, 7) is 7.14. The van der Waals surface area contributed by atoms with E-state index < -0.39 is 0 Å². The fraction of sp³-hybridized carbons (Fsp3) is 0.571. The van der Waals surface area contributed by atoms with Crippen molar-refractivity contribution in [1.29, 1.82) is 0 Å². The Balaban J connectivity index is 1.77. The van der Waals surface area contributed by atoms with E-state index in [2.05, 4.69) is 18.7 Å². The molecule has 2 nitrogen and oxygen atoms in total. The molecule has 1 saturated heterocycles. The first kappa shape index (κ1) is 13.8. The van der Waals surface area contributed by atoms with Gasteiger partial charge in [0.25, 0.3) is 0 Å². The van der Waals surface area contributed by atoms with Gasteiger partial charge < -0.3 is 4.74 Å². The molecule has 1 aromatic rings. The third kappa shape index (κ3) is 3.97. The fourth-order valence-electron chi connectivity index (χ4n) is 2.31. The highest BCUT2D eigenvalue weighted by Gasteiger charge is 2.21. The van der Waals surface area contributed by atoms with Gasteiger partial charge in [-0.15, -0.1) is 11.8 Å². The van der Waals surface area contributed by atoms with Crippen LogP contribution in [0, 0.1) is 5.82 Å². The summed E-state index contributed by atoms with van der Waals surface area (Å²) in [5, 5.41) is 0. The Bertz CT molecular complexity index is 378. The Kier molecular flexibility index (Phi) is 5.03. The van der Waals surface area contributed by atoms with E-state index in [1.807, 2.05) is 12.1 Å². The van der Waals surface area contributed by atoms with E-state index in [0.29, 0.717) is 12.2 Å². The molecule has 0 radical (unpaired) electrons. The predicted octanol–water partition coefficient (Wildman–Crippen LogP) is 3.03. The summed E-state index contributed by atoms with van der Waals surface area (Å²) in [5.41, 5.74) is 0. The molecule has 0 spiro atoms. The first-order valence-corrected chi connectivity index (χ1v) is 7.39.